The molecule has 2 heterocycles. The number of piperazine rings is 1. The third-order valence-corrected chi connectivity index (χ3v) is 8.64. The van der Waals surface area contributed by atoms with E-state index in [1.54, 1.807) is 23.5 Å². The molecular weight excluding hydrogens is 472 g/mol. The first-order valence-electron chi connectivity index (χ1n) is 12.1. The van der Waals surface area contributed by atoms with Gasteiger partial charge in [0.15, 0.2) is 0 Å². The van der Waals surface area contributed by atoms with E-state index in [2.05, 4.69) is 22.0 Å². The van der Waals surface area contributed by atoms with E-state index in [9.17, 15) is 8.42 Å². The van der Waals surface area contributed by atoms with Gasteiger partial charge < -0.3 is 9.64 Å². The van der Waals surface area contributed by atoms with E-state index in [0.717, 1.165) is 39.2 Å². The largest absolute Gasteiger partial charge is 0.497 e. The number of hydrogen-bond donors (Lipinski definition) is 0. The normalized spacial score (nSPS) is 14.8. The first-order valence-corrected chi connectivity index (χ1v) is 13.5. The van der Waals surface area contributed by atoms with Crippen LogP contribution in [-0.4, -0.2) is 56.0 Å². The average Bonchev–Trinajstić information content (AvgIpc) is 2.90. The number of aryl methyl sites for hydroxylation is 2. The molecule has 5 rings (SSSR count). The van der Waals surface area contributed by atoms with Crippen LogP contribution in [0.15, 0.2) is 71.6 Å². The molecule has 186 valence electrons. The van der Waals surface area contributed by atoms with Gasteiger partial charge in [0.05, 0.1) is 12.0 Å². The highest BCUT2D eigenvalue weighted by atomic mass is 32.2. The van der Waals surface area contributed by atoms with Crippen molar-refractivity contribution in [1.29, 1.82) is 0 Å². The maximum Gasteiger partial charge on any atom is 0.243 e. The number of methoxy groups -OCH3 is 1. The predicted molar refractivity (Wildman–Crippen MR) is 142 cm³/mol. The number of anilines is 1. The van der Waals surface area contributed by atoms with E-state index in [-0.39, 0.29) is 0 Å². The van der Waals surface area contributed by atoms with Crippen molar-refractivity contribution in [3.8, 4) is 5.75 Å². The molecule has 1 aliphatic heterocycles. The number of aromatic nitrogens is 2. The molecule has 0 N–H and O–H groups in total. The minimum absolute atomic E-state index is 0.337. The van der Waals surface area contributed by atoms with Crippen LogP contribution in [0.3, 0.4) is 0 Å². The summed E-state index contributed by atoms with van der Waals surface area (Å²) in [4.78, 5) is 11.9. The fourth-order valence-corrected chi connectivity index (χ4v) is 6.21. The molecular formula is C28H30N4O3S. The van der Waals surface area contributed by atoms with Gasteiger partial charge in [-0.1, -0.05) is 42.5 Å². The lowest BCUT2D eigenvalue weighted by Crippen LogP contribution is -2.49. The van der Waals surface area contributed by atoms with Gasteiger partial charge in [-0.2, -0.15) is 4.31 Å². The van der Waals surface area contributed by atoms with Crippen molar-refractivity contribution >= 4 is 26.6 Å². The second kappa shape index (κ2) is 9.87. The highest BCUT2D eigenvalue weighted by molar-refractivity contribution is 7.89. The predicted octanol–water partition coefficient (Wildman–Crippen LogP) is 4.36. The Kier molecular flexibility index (Phi) is 6.64. The van der Waals surface area contributed by atoms with E-state index in [0.29, 0.717) is 43.3 Å². The minimum Gasteiger partial charge on any atom is -0.497 e. The maximum absolute atomic E-state index is 13.4. The number of fused-ring (bicyclic) bond motifs is 1. The Morgan fingerprint density at radius 3 is 2.25 bits per heavy atom. The van der Waals surface area contributed by atoms with Gasteiger partial charge in [0.25, 0.3) is 0 Å². The van der Waals surface area contributed by atoms with Gasteiger partial charge in [0.1, 0.15) is 17.4 Å². The van der Waals surface area contributed by atoms with Gasteiger partial charge in [-0.3, -0.25) is 0 Å². The van der Waals surface area contributed by atoms with E-state index in [1.165, 1.54) is 0 Å². The Morgan fingerprint density at radius 1 is 0.861 bits per heavy atom. The van der Waals surface area contributed by atoms with Crippen LogP contribution >= 0.6 is 0 Å². The first kappa shape index (κ1) is 24.2. The van der Waals surface area contributed by atoms with E-state index >= 15 is 0 Å². The molecule has 7 nitrogen and oxygen atoms in total. The van der Waals surface area contributed by atoms with Crippen LogP contribution < -0.4 is 9.64 Å². The molecule has 0 radical (unpaired) electrons. The average molecular weight is 503 g/mol. The van der Waals surface area contributed by atoms with E-state index in [4.69, 9.17) is 9.72 Å². The molecule has 0 bridgehead atoms. The van der Waals surface area contributed by atoms with Crippen molar-refractivity contribution in [3.05, 3.63) is 89.4 Å². The lowest BCUT2D eigenvalue weighted by Gasteiger charge is -2.36. The molecule has 1 aliphatic rings. The summed E-state index contributed by atoms with van der Waals surface area (Å²) < 4.78 is 33.7. The van der Waals surface area contributed by atoms with Gasteiger partial charge >= 0.3 is 0 Å². The molecule has 3 aromatic carbocycles. The fraction of sp³-hybridized carbons (Fsp3) is 0.286. The summed E-state index contributed by atoms with van der Waals surface area (Å²) in [6, 6.07) is 21.2. The van der Waals surface area contributed by atoms with E-state index < -0.39 is 10.0 Å². The summed E-state index contributed by atoms with van der Waals surface area (Å²) >= 11 is 0. The summed E-state index contributed by atoms with van der Waals surface area (Å²) in [5.41, 5.74) is 3.15. The summed E-state index contributed by atoms with van der Waals surface area (Å²) in [6.45, 7) is 5.85. The van der Waals surface area contributed by atoms with Crippen molar-refractivity contribution in [2.75, 3.05) is 38.2 Å². The Morgan fingerprint density at radius 2 is 1.56 bits per heavy atom. The maximum atomic E-state index is 13.4. The lowest BCUT2D eigenvalue weighted by atomic mass is 10.0. The molecule has 0 atom stereocenters. The molecule has 1 saturated heterocycles. The number of sulfonamides is 1. The number of benzene rings is 3. The zero-order valence-electron chi connectivity index (χ0n) is 20.8. The van der Waals surface area contributed by atoms with Crippen molar-refractivity contribution in [2.24, 2.45) is 0 Å². The molecule has 8 heteroatoms. The van der Waals surface area contributed by atoms with Gasteiger partial charge in [0.2, 0.25) is 10.0 Å². The number of ether oxygens (including phenoxy) is 1. The molecule has 36 heavy (non-hydrogen) atoms. The third-order valence-electron chi connectivity index (χ3n) is 6.74. The molecule has 0 saturated carbocycles. The molecule has 0 unspecified atom stereocenters. The third kappa shape index (κ3) is 4.79. The monoisotopic (exact) mass is 502 g/mol. The highest BCUT2D eigenvalue weighted by Gasteiger charge is 2.30. The number of rotatable bonds is 6. The molecule has 0 aliphatic carbocycles. The SMILES string of the molecule is COc1ccc(Cc2c(C)nc(C)nc2N2CCN(S(=O)(=O)c3ccc4ccccc4c3)CC2)cc1. The zero-order chi connectivity index (χ0) is 25.3. The van der Waals surface area contributed by atoms with Crippen LogP contribution in [0.4, 0.5) is 5.82 Å². The highest BCUT2D eigenvalue weighted by Crippen LogP contribution is 2.28. The van der Waals surface area contributed by atoms with Crippen molar-refractivity contribution < 1.29 is 13.2 Å². The van der Waals surface area contributed by atoms with Crippen LogP contribution in [0, 0.1) is 13.8 Å². The quantitative estimate of drug-likeness (QED) is 0.390. The summed E-state index contributed by atoms with van der Waals surface area (Å²) in [6.07, 6.45) is 0.695. The van der Waals surface area contributed by atoms with Crippen LogP contribution in [0.5, 0.6) is 5.75 Å². The summed E-state index contributed by atoms with van der Waals surface area (Å²) in [7, 11) is -1.92. The Hall–Kier alpha value is -3.49. The Bertz CT molecular complexity index is 1500. The van der Waals surface area contributed by atoms with Gasteiger partial charge in [-0.25, -0.2) is 18.4 Å². The summed E-state index contributed by atoms with van der Waals surface area (Å²) in [5, 5.41) is 1.95. The van der Waals surface area contributed by atoms with Crippen LogP contribution in [0.2, 0.25) is 0 Å². The topological polar surface area (TPSA) is 75.6 Å². The molecule has 0 amide bonds. The smallest absolute Gasteiger partial charge is 0.243 e. The van der Waals surface area contributed by atoms with Gasteiger partial charge in [-0.05, 0) is 54.4 Å². The lowest BCUT2D eigenvalue weighted by molar-refractivity contribution is 0.383. The second-order valence-corrected chi connectivity index (χ2v) is 11.0. The molecule has 0 spiro atoms. The van der Waals surface area contributed by atoms with Crippen molar-refractivity contribution in [3.63, 3.8) is 0 Å². The summed E-state index contributed by atoms with van der Waals surface area (Å²) in [5.74, 6) is 2.42. The zero-order valence-corrected chi connectivity index (χ0v) is 21.6. The van der Waals surface area contributed by atoms with Crippen LogP contribution in [0.25, 0.3) is 10.8 Å². The first-order chi connectivity index (χ1) is 17.3. The Balaban J connectivity index is 1.36. The molecule has 4 aromatic rings. The van der Waals surface area contributed by atoms with Crippen LogP contribution in [0.1, 0.15) is 22.6 Å². The van der Waals surface area contributed by atoms with E-state index in [1.807, 2.05) is 56.3 Å². The van der Waals surface area contributed by atoms with Crippen molar-refractivity contribution in [1.82, 2.24) is 14.3 Å². The van der Waals surface area contributed by atoms with Crippen molar-refractivity contribution in [2.45, 2.75) is 25.2 Å². The van der Waals surface area contributed by atoms with Gasteiger partial charge in [-0.15, -0.1) is 0 Å². The Labute approximate surface area is 212 Å². The fourth-order valence-electron chi connectivity index (χ4n) is 4.75. The molecule has 1 fully saturated rings. The second-order valence-electron chi connectivity index (χ2n) is 9.08. The van der Waals surface area contributed by atoms with Gasteiger partial charge in [0, 0.05) is 43.9 Å². The minimum atomic E-state index is -3.58. The van der Waals surface area contributed by atoms with Crippen LogP contribution in [-0.2, 0) is 16.4 Å². The number of hydrogen-bond acceptors (Lipinski definition) is 6. The standard InChI is InChI=1S/C28H30N4O3S/c1-20-27(18-22-8-11-25(35-3)12-9-22)28(30-21(2)29-20)31-14-16-32(17-15-31)36(33,34)26-13-10-23-6-4-5-7-24(23)19-26/h4-13,19H,14-18H2,1-3H3. The molecule has 1 aromatic heterocycles. The number of nitrogens with zero attached hydrogens (tertiary/aromatic N) is 4.